The van der Waals surface area contributed by atoms with Gasteiger partial charge in [-0.1, -0.05) is 38.1 Å². The Morgan fingerprint density at radius 1 is 0.896 bits per heavy atom. The summed E-state index contributed by atoms with van der Waals surface area (Å²) in [4.78, 5) is 43.8. The molecular formula is C38H44N4O6. The number of hydrogen-bond acceptors (Lipinski definition) is 7. The molecular weight excluding hydrogens is 608 g/mol. The fraction of sp³-hybridized carbons (Fsp3) is 0.395. The second-order valence-corrected chi connectivity index (χ2v) is 13.0. The molecule has 4 N–H and O–H groups in total. The molecule has 4 aromatic rings. The van der Waals surface area contributed by atoms with Gasteiger partial charge in [-0.25, -0.2) is 0 Å². The molecule has 10 nitrogen and oxygen atoms in total. The summed E-state index contributed by atoms with van der Waals surface area (Å²) in [7, 11) is 4.70. The maximum atomic E-state index is 14.0. The first-order chi connectivity index (χ1) is 23.1. The Labute approximate surface area is 280 Å². The van der Waals surface area contributed by atoms with Gasteiger partial charge in [-0.2, -0.15) is 0 Å². The lowest BCUT2D eigenvalue weighted by Crippen LogP contribution is -2.45. The number of amides is 2. The van der Waals surface area contributed by atoms with Gasteiger partial charge in [0.05, 0.1) is 39.1 Å². The lowest BCUT2D eigenvalue weighted by atomic mass is 9.91. The van der Waals surface area contributed by atoms with Crippen LogP contribution in [0.15, 0.2) is 53.3 Å². The van der Waals surface area contributed by atoms with Crippen molar-refractivity contribution in [3.8, 4) is 28.4 Å². The van der Waals surface area contributed by atoms with Crippen LogP contribution in [-0.2, 0) is 22.4 Å². The van der Waals surface area contributed by atoms with Crippen LogP contribution in [0.1, 0.15) is 74.5 Å². The summed E-state index contributed by atoms with van der Waals surface area (Å²) < 4.78 is 17.2. The number of aryl methyl sites for hydroxylation is 2. The molecule has 2 aliphatic rings. The molecule has 252 valence electrons. The molecule has 0 saturated heterocycles. The van der Waals surface area contributed by atoms with E-state index in [-0.39, 0.29) is 34.9 Å². The zero-order valence-corrected chi connectivity index (χ0v) is 28.4. The Balaban J connectivity index is 1.38. The monoisotopic (exact) mass is 652 g/mol. The summed E-state index contributed by atoms with van der Waals surface area (Å²) >= 11 is 0. The third-order valence-corrected chi connectivity index (χ3v) is 9.61. The lowest BCUT2D eigenvalue weighted by molar-refractivity contribution is -0.123. The number of benzene rings is 2. The second-order valence-electron chi connectivity index (χ2n) is 13.0. The molecule has 0 aliphatic heterocycles. The SMILES string of the molecule is COc1cc2c(c(OC)c1OC)-c1ccc(NC(C(=O)NC3CCCc4c3[nH]c3ccccc43)C(C)C)c(=O)cc1C(NC(C)=O)CC2. The van der Waals surface area contributed by atoms with Crippen molar-refractivity contribution in [3.63, 3.8) is 0 Å². The molecule has 3 unspecified atom stereocenters. The fourth-order valence-corrected chi connectivity index (χ4v) is 7.35. The van der Waals surface area contributed by atoms with Crippen LogP contribution >= 0.6 is 0 Å². The van der Waals surface area contributed by atoms with Gasteiger partial charge >= 0.3 is 0 Å². The zero-order valence-electron chi connectivity index (χ0n) is 28.4. The number of hydrogen-bond donors (Lipinski definition) is 4. The molecule has 1 aromatic heterocycles. The first kappa shape index (κ1) is 32.9. The predicted octanol–water partition coefficient (Wildman–Crippen LogP) is 5.97. The summed E-state index contributed by atoms with van der Waals surface area (Å²) in [6.45, 7) is 5.39. The number of para-hydroxylation sites is 1. The number of rotatable bonds is 9. The van der Waals surface area contributed by atoms with Crippen LogP contribution in [0.3, 0.4) is 0 Å². The van der Waals surface area contributed by atoms with Gasteiger partial charge in [0.15, 0.2) is 11.5 Å². The van der Waals surface area contributed by atoms with Crippen LogP contribution in [0.25, 0.3) is 22.0 Å². The van der Waals surface area contributed by atoms with Gasteiger partial charge in [0.1, 0.15) is 6.04 Å². The van der Waals surface area contributed by atoms with E-state index >= 15 is 0 Å². The summed E-state index contributed by atoms with van der Waals surface area (Å²) in [5.41, 5.74) is 6.48. The van der Waals surface area contributed by atoms with Crippen molar-refractivity contribution in [1.29, 1.82) is 0 Å². The number of ether oxygens (including phenoxy) is 3. The average molecular weight is 653 g/mol. The smallest absolute Gasteiger partial charge is 0.243 e. The van der Waals surface area contributed by atoms with Gasteiger partial charge in [0.25, 0.3) is 0 Å². The lowest BCUT2D eigenvalue weighted by Gasteiger charge is -2.28. The number of aromatic nitrogens is 1. The largest absolute Gasteiger partial charge is 0.493 e. The molecule has 0 spiro atoms. The van der Waals surface area contributed by atoms with E-state index in [9.17, 15) is 14.4 Å². The fourth-order valence-electron chi connectivity index (χ4n) is 7.35. The number of nitrogens with one attached hydrogen (secondary N) is 4. The molecule has 6 rings (SSSR count). The number of aromatic amines is 1. The highest BCUT2D eigenvalue weighted by molar-refractivity contribution is 5.88. The number of carbonyl (C=O) groups is 2. The van der Waals surface area contributed by atoms with Crippen molar-refractivity contribution in [3.05, 3.63) is 81.1 Å². The van der Waals surface area contributed by atoms with Gasteiger partial charge in [-0.15, -0.1) is 0 Å². The van der Waals surface area contributed by atoms with E-state index in [1.807, 2.05) is 38.1 Å². The highest BCUT2D eigenvalue weighted by atomic mass is 16.5. The van der Waals surface area contributed by atoms with Crippen molar-refractivity contribution in [2.45, 2.75) is 71.0 Å². The van der Waals surface area contributed by atoms with E-state index in [0.717, 1.165) is 47.2 Å². The minimum Gasteiger partial charge on any atom is -0.493 e. The van der Waals surface area contributed by atoms with E-state index in [4.69, 9.17) is 14.2 Å². The standard InChI is InChI=1S/C38H44N4O6/c1-20(2)34(38(45)42-30-13-9-11-25-23-10-7-8-12-27(23)40-35(25)30)41-29-17-15-24-26(19-31(29)44)28(39-21(3)43)16-14-22-18-32(46-4)36(47-5)37(48-6)33(22)24/h7-8,10,12,15,17-20,28,30,34,40H,9,11,13-14,16H2,1-6H3,(H,39,43)(H,41,44)(H,42,45). The summed E-state index contributed by atoms with van der Waals surface area (Å²) in [5, 5.41) is 10.8. The molecule has 3 aromatic carbocycles. The molecule has 10 heteroatoms. The number of anilines is 1. The minimum atomic E-state index is -0.674. The maximum Gasteiger partial charge on any atom is 0.243 e. The molecule has 2 aliphatic carbocycles. The highest BCUT2D eigenvalue weighted by Crippen LogP contribution is 2.50. The third-order valence-electron chi connectivity index (χ3n) is 9.61. The van der Waals surface area contributed by atoms with E-state index in [0.29, 0.717) is 35.7 Å². The minimum absolute atomic E-state index is 0.122. The summed E-state index contributed by atoms with van der Waals surface area (Å²) in [6.07, 6.45) is 3.92. The number of methoxy groups -OCH3 is 3. The Bertz CT molecular complexity index is 1930. The van der Waals surface area contributed by atoms with E-state index < -0.39 is 12.1 Å². The molecule has 0 saturated carbocycles. The van der Waals surface area contributed by atoms with Crippen molar-refractivity contribution < 1.29 is 23.8 Å². The Morgan fingerprint density at radius 2 is 1.67 bits per heavy atom. The molecule has 0 bridgehead atoms. The highest BCUT2D eigenvalue weighted by Gasteiger charge is 2.32. The normalized spacial score (nSPS) is 17.3. The molecule has 2 amide bonds. The third kappa shape index (κ3) is 6.07. The number of fused-ring (bicyclic) bond motifs is 6. The Morgan fingerprint density at radius 3 is 2.38 bits per heavy atom. The van der Waals surface area contributed by atoms with E-state index in [1.54, 1.807) is 33.5 Å². The second kappa shape index (κ2) is 13.6. The van der Waals surface area contributed by atoms with E-state index in [2.05, 4.69) is 33.1 Å². The average Bonchev–Trinajstić information content (AvgIpc) is 3.30. The Kier molecular flexibility index (Phi) is 9.35. The Hall–Kier alpha value is -4.99. The molecule has 1 heterocycles. The topological polar surface area (TPSA) is 131 Å². The van der Waals surface area contributed by atoms with Crippen molar-refractivity contribution in [2.75, 3.05) is 26.6 Å². The van der Waals surface area contributed by atoms with Crippen LogP contribution in [0, 0.1) is 5.92 Å². The molecule has 48 heavy (non-hydrogen) atoms. The van der Waals surface area contributed by atoms with Crippen LogP contribution in [0.4, 0.5) is 5.69 Å². The summed E-state index contributed by atoms with van der Waals surface area (Å²) in [6, 6.07) is 14.0. The van der Waals surface area contributed by atoms with Gasteiger partial charge in [-0.05, 0) is 84.5 Å². The number of H-pyrrole nitrogens is 1. The van der Waals surface area contributed by atoms with Gasteiger partial charge in [0, 0.05) is 29.1 Å². The van der Waals surface area contributed by atoms with Crippen molar-refractivity contribution in [2.24, 2.45) is 5.92 Å². The van der Waals surface area contributed by atoms with Crippen molar-refractivity contribution in [1.82, 2.24) is 15.6 Å². The van der Waals surface area contributed by atoms with Gasteiger partial charge < -0.3 is 35.1 Å². The van der Waals surface area contributed by atoms with Crippen molar-refractivity contribution >= 4 is 28.4 Å². The van der Waals surface area contributed by atoms with Crippen LogP contribution in [-0.4, -0.2) is 44.2 Å². The number of carbonyl (C=O) groups excluding carboxylic acids is 2. The van der Waals surface area contributed by atoms with Gasteiger partial charge in [0.2, 0.25) is 23.0 Å². The molecule has 3 atom stereocenters. The van der Waals surface area contributed by atoms with Crippen LogP contribution in [0.5, 0.6) is 17.2 Å². The van der Waals surface area contributed by atoms with Crippen LogP contribution in [0.2, 0.25) is 0 Å². The van der Waals surface area contributed by atoms with E-state index in [1.165, 1.54) is 17.9 Å². The summed E-state index contributed by atoms with van der Waals surface area (Å²) in [5.74, 6) is 0.953. The molecule has 0 radical (unpaired) electrons. The first-order valence-corrected chi connectivity index (χ1v) is 16.6. The first-order valence-electron chi connectivity index (χ1n) is 16.6. The zero-order chi connectivity index (χ0) is 34.1. The predicted molar refractivity (Wildman–Crippen MR) is 187 cm³/mol. The maximum absolute atomic E-state index is 14.0. The van der Waals surface area contributed by atoms with Crippen LogP contribution < -0.4 is 35.6 Å². The molecule has 0 fully saturated rings. The quantitative estimate of drug-likeness (QED) is 0.175. The van der Waals surface area contributed by atoms with Gasteiger partial charge in [-0.3, -0.25) is 14.4 Å².